The van der Waals surface area contributed by atoms with Crippen LogP contribution in [0.3, 0.4) is 0 Å². The summed E-state index contributed by atoms with van der Waals surface area (Å²) < 4.78 is 11.3. The largest absolute Gasteiger partial charge is 0.381 e. The van der Waals surface area contributed by atoms with Crippen LogP contribution in [0.5, 0.6) is 0 Å². The molecule has 1 N–H and O–H groups in total. The van der Waals surface area contributed by atoms with Gasteiger partial charge < -0.3 is 14.8 Å². The van der Waals surface area contributed by atoms with Gasteiger partial charge in [0.2, 0.25) is 0 Å². The van der Waals surface area contributed by atoms with E-state index in [-0.39, 0.29) is 6.04 Å². The molecule has 4 rings (SSSR count). The van der Waals surface area contributed by atoms with E-state index >= 15 is 0 Å². The summed E-state index contributed by atoms with van der Waals surface area (Å²) in [5, 5.41) is 3.35. The molecular formula is C19H24N4O2. The van der Waals surface area contributed by atoms with Gasteiger partial charge in [-0.15, -0.1) is 0 Å². The molecule has 132 valence electrons. The van der Waals surface area contributed by atoms with Gasteiger partial charge in [-0.3, -0.25) is 4.90 Å². The van der Waals surface area contributed by atoms with Gasteiger partial charge in [0.25, 0.3) is 0 Å². The third-order valence-electron chi connectivity index (χ3n) is 4.85. The zero-order valence-electron chi connectivity index (χ0n) is 14.3. The summed E-state index contributed by atoms with van der Waals surface area (Å²) in [5.41, 5.74) is 1.02. The van der Waals surface area contributed by atoms with E-state index in [1.54, 1.807) is 0 Å². The minimum Gasteiger partial charge on any atom is -0.381 e. The zero-order chi connectivity index (χ0) is 16.9. The van der Waals surface area contributed by atoms with E-state index in [1.807, 2.05) is 42.6 Å². The van der Waals surface area contributed by atoms with E-state index in [0.29, 0.717) is 12.6 Å². The lowest BCUT2D eigenvalue weighted by atomic mass is 10.0. The highest BCUT2D eigenvalue weighted by Crippen LogP contribution is 2.28. The lowest BCUT2D eigenvalue weighted by molar-refractivity contribution is -0.0591. The normalized spacial score (nSPS) is 22.6. The van der Waals surface area contributed by atoms with Crippen LogP contribution in [-0.2, 0) is 9.47 Å². The molecule has 0 radical (unpaired) electrons. The Hall–Kier alpha value is -2.02. The van der Waals surface area contributed by atoms with Crippen LogP contribution in [0.15, 0.2) is 42.6 Å². The van der Waals surface area contributed by atoms with Crippen molar-refractivity contribution >= 4 is 11.5 Å². The summed E-state index contributed by atoms with van der Waals surface area (Å²) in [7, 11) is 0. The molecule has 6 heteroatoms. The van der Waals surface area contributed by atoms with Crippen LogP contribution in [-0.4, -0.2) is 53.9 Å². The molecule has 2 aliphatic rings. The zero-order valence-corrected chi connectivity index (χ0v) is 14.3. The molecule has 1 atom stereocenters. The van der Waals surface area contributed by atoms with E-state index in [2.05, 4.69) is 15.2 Å². The molecule has 2 aliphatic heterocycles. The maximum absolute atomic E-state index is 5.74. The monoisotopic (exact) mass is 340 g/mol. The standard InChI is InChI=1S/C19H24N4O2/c1-2-4-15(5-3-1)21-18-6-9-20-19(22-18)17-14-25-13-10-23(17)16-7-11-24-12-8-16/h1-6,9,16-17H,7-8,10-14H2,(H,20,21,22)/t17-/m1/s1. The molecule has 1 aromatic carbocycles. The van der Waals surface area contributed by atoms with Crippen LogP contribution in [0.1, 0.15) is 24.7 Å². The van der Waals surface area contributed by atoms with Crippen molar-refractivity contribution < 1.29 is 9.47 Å². The predicted molar refractivity (Wildman–Crippen MR) is 95.9 cm³/mol. The lowest BCUT2D eigenvalue weighted by Crippen LogP contribution is -2.48. The van der Waals surface area contributed by atoms with E-state index in [9.17, 15) is 0 Å². The fraction of sp³-hybridized carbons (Fsp3) is 0.474. The van der Waals surface area contributed by atoms with Gasteiger partial charge in [0, 0.05) is 37.7 Å². The van der Waals surface area contributed by atoms with Gasteiger partial charge in [-0.2, -0.15) is 0 Å². The SMILES string of the molecule is c1ccc(Nc2ccnc([C@H]3COCCN3C3CCOCC3)n2)cc1. The number of hydrogen-bond acceptors (Lipinski definition) is 6. The van der Waals surface area contributed by atoms with Gasteiger partial charge in [0.15, 0.2) is 0 Å². The van der Waals surface area contributed by atoms with Crippen molar-refractivity contribution in [3.05, 3.63) is 48.4 Å². The lowest BCUT2D eigenvalue weighted by Gasteiger charge is -2.41. The summed E-state index contributed by atoms with van der Waals surface area (Å²) in [5.74, 6) is 1.64. The summed E-state index contributed by atoms with van der Waals surface area (Å²) in [6.45, 7) is 4.02. The number of rotatable bonds is 4. The van der Waals surface area contributed by atoms with Crippen LogP contribution in [0, 0.1) is 0 Å². The van der Waals surface area contributed by atoms with E-state index in [0.717, 1.165) is 56.5 Å². The van der Waals surface area contributed by atoms with Crippen LogP contribution >= 0.6 is 0 Å². The van der Waals surface area contributed by atoms with Crippen molar-refractivity contribution in [3.63, 3.8) is 0 Å². The van der Waals surface area contributed by atoms with E-state index < -0.39 is 0 Å². The molecule has 0 amide bonds. The molecule has 2 saturated heterocycles. The Labute approximate surface area is 148 Å². The number of nitrogens with zero attached hydrogens (tertiary/aromatic N) is 3. The van der Waals surface area contributed by atoms with Crippen LogP contribution in [0.25, 0.3) is 0 Å². The number of nitrogens with one attached hydrogen (secondary N) is 1. The van der Waals surface area contributed by atoms with Crippen LogP contribution in [0.2, 0.25) is 0 Å². The summed E-state index contributed by atoms with van der Waals surface area (Å²) in [6.07, 6.45) is 3.96. The van der Waals surface area contributed by atoms with Gasteiger partial charge in [-0.1, -0.05) is 18.2 Å². The maximum atomic E-state index is 5.74. The number of aromatic nitrogens is 2. The Bertz CT molecular complexity index is 676. The molecule has 0 bridgehead atoms. The molecule has 0 unspecified atom stereocenters. The van der Waals surface area contributed by atoms with Gasteiger partial charge in [0.05, 0.1) is 19.3 Å². The van der Waals surface area contributed by atoms with Crippen LogP contribution in [0.4, 0.5) is 11.5 Å². The van der Waals surface area contributed by atoms with Crippen molar-refractivity contribution in [3.8, 4) is 0 Å². The maximum Gasteiger partial charge on any atom is 0.150 e. The van der Waals surface area contributed by atoms with Gasteiger partial charge >= 0.3 is 0 Å². The molecule has 3 heterocycles. The van der Waals surface area contributed by atoms with Crippen molar-refractivity contribution in [1.29, 1.82) is 0 Å². The first-order valence-electron chi connectivity index (χ1n) is 8.96. The second-order valence-corrected chi connectivity index (χ2v) is 6.46. The molecule has 0 saturated carbocycles. The van der Waals surface area contributed by atoms with Gasteiger partial charge in [0.1, 0.15) is 11.6 Å². The van der Waals surface area contributed by atoms with Gasteiger partial charge in [-0.25, -0.2) is 9.97 Å². The van der Waals surface area contributed by atoms with E-state index in [4.69, 9.17) is 14.5 Å². The quantitative estimate of drug-likeness (QED) is 0.923. The highest BCUT2D eigenvalue weighted by molar-refractivity contribution is 5.55. The fourth-order valence-corrected chi connectivity index (χ4v) is 3.57. The number of hydrogen-bond donors (Lipinski definition) is 1. The Kier molecular flexibility index (Phi) is 5.20. The number of ether oxygens (including phenoxy) is 2. The highest BCUT2D eigenvalue weighted by atomic mass is 16.5. The third-order valence-corrected chi connectivity index (χ3v) is 4.85. The molecule has 25 heavy (non-hydrogen) atoms. The summed E-state index contributed by atoms with van der Waals surface area (Å²) >= 11 is 0. The van der Waals surface area contributed by atoms with Crippen molar-refractivity contribution in [1.82, 2.24) is 14.9 Å². The molecule has 6 nitrogen and oxygen atoms in total. The van der Waals surface area contributed by atoms with Crippen molar-refractivity contribution in [2.24, 2.45) is 0 Å². The third kappa shape index (κ3) is 3.98. The Balaban J connectivity index is 1.53. The second kappa shape index (κ2) is 7.91. The smallest absolute Gasteiger partial charge is 0.150 e. The first-order valence-corrected chi connectivity index (χ1v) is 8.96. The minimum atomic E-state index is 0.106. The average Bonchev–Trinajstić information content (AvgIpc) is 2.70. The Morgan fingerprint density at radius 1 is 1.00 bits per heavy atom. The predicted octanol–water partition coefficient (Wildman–Crippen LogP) is 2.77. The highest BCUT2D eigenvalue weighted by Gasteiger charge is 2.33. The van der Waals surface area contributed by atoms with Crippen molar-refractivity contribution in [2.45, 2.75) is 24.9 Å². The van der Waals surface area contributed by atoms with Gasteiger partial charge in [-0.05, 0) is 31.0 Å². The number of benzene rings is 1. The Morgan fingerprint density at radius 3 is 2.68 bits per heavy atom. The number of anilines is 2. The van der Waals surface area contributed by atoms with E-state index in [1.165, 1.54) is 0 Å². The molecule has 2 aromatic rings. The second-order valence-electron chi connectivity index (χ2n) is 6.46. The minimum absolute atomic E-state index is 0.106. The number of morpholine rings is 1. The molecule has 2 fully saturated rings. The fourth-order valence-electron chi connectivity index (χ4n) is 3.57. The first-order chi connectivity index (χ1) is 12.4. The average molecular weight is 340 g/mol. The van der Waals surface area contributed by atoms with Crippen LogP contribution < -0.4 is 5.32 Å². The van der Waals surface area contributed by atoms with Crippen molar-refractivity contribution in [2.75, 3.05) is 38.3 Å². The summed E-state index contributed by atoms with van der Waals surface area (Å²) in [4.78, 5) is 11.8. The molecule has 0 spiro atoms. The first kappa shape index (κ1) is 16.4. The molecule has 1 aromatic heterocycles. The topological polar surface area (TPSA) is 59.5 Å². The molecule has 0 aliphatic carbocycles. The molecular weight excluding hydrogens is 316 g/mol. The summed E-state index contributed by atoms with van der Waals surface area (Å²) in [6, 6.07) is 12.6. The Morgan fingerprint density at radius 2 is 1.84 bits per heavy atom. The number of para-hydroxylation sites is 1.